The predicted octanol–water partition coefficient (Wildman–Crippen LogP) is 5.53. The summed E-state index contributed by atoms with van der Waals surface area (Å²) in [5, 5.41) is 19.3. The van der Waals surface area contributed by atoms with Gasteiger partial charge in [0.1, 0.15) is 5.75 Å². The van der Waals surface area contributed by atoms with Gasteiger partial charge < -0.3 is 14.4 Å². The molecule has 0 saturated carbocycles. The van der Waals surface area contributed by atoms with Gasteiger partial charge in [-0.3, -0.25) is 4.79 Å². The maximum atomic E-state index is 12.0. The fourth-order valence-corrected chi connectivity index (χ4v) is 3.08. The minimum Gasteiger partial charge on any atom is -0.493 e. The van der Waals surface area contributed by atoms with Gasteiger partial charge in [-0.15, -0.1) is 10.2 Å². The Morgan fingerprint density at radius 2 is 1.93 bits per heavy atom. The number of rotatable bonds is 8. The summed E-state index contributed by atoms with van der Waals surface area (Å²) in [7, 11) is 0. The lowest BCUT2D eigenvalue weighted by atomic mass is 10.1. The van der Waals surface area contributed by atoms with Crippen LogP contribution in [0.2, 0.25) is 0 Å². The topological polar surface area (TPSA) is 76.2 Å². The van der Waals surface area contributed by atoms with E-state index in [1.54, 1.807) is 12.1 Å². The maximum absolute atomic E-state index is 12.0. The Morgan fingerprint density at radius 3 is 2.68 bits per heavy atom. The van der Waals surface area contributed by atoms with Crippen molar-refractivity contribution < 1.29 is 14.6 Å². The van der Waals surface area contributed by atoms with E-state index in [1.165, 1.54) is 0 Å². The predicted molar refractivity (Wildman–Crippen MR) is 109 cm³/mol. The van der Waals surface area contributed by atoms with Gasteiger partial charge in [0.05, 0.1) is 5.52 Å². The van der Waals surface area contributed by atoms with Crippen LogP contribution in [0.4, 0.5) is 5.69 Å². The molecular weight excluding hydrogens is 354 g/mol. The van der Waals surface area contributed by atoms with E-state index in [0.29, 0.717) is 18.0 Å². The van der Waals surface area contributed by atoms with E-state index >= 15 is 0 Å². The van der Waals surface area contributed by atoms with Crippen molar-refractivity contribution in [2.75, 3.05) is 6.61 Å². The third kappa shape index (κ3) is 4.57. The van der Waals surface area contributed by atoms with Crippen LogP contribution < -0.4 is 4.74 Å². The molecule has 0 aliphatic rings. The van der Waals surface area contributed by atoms with Gasteiger partial charge in [-0.25, -0.2) is 0 Å². The minimum atomic E-state index is -0.511. The van der Waals surface area contributed by atoms with Crippen LogP contribution in [-0.4, -0.2) is 22.2 Å². The number of benzene rings is 2. The zero-order chi connectivity index (χ0) is 19.9. The Hall–Kier alpha value is -3.15. The molecule has 0 atom stereocenters. The summed E-state index contributed by atoms with van der Waals surface area (Å²) in [5.74, 6) is 0.122. The highest BCUT2D eigenvalue weighted by Gasteiger charge is 2.17. The number of nitrogens with zero attached hydrogens (tertiary/aromatic N) is 3. The van der Waals surface area contributed by atoms with Gasteiger partial charge in [0.25, 0.3) is 0 Å². The molecule has 0 fully saturated rings. The number of hydrogen-bond acceptors (Lipinski definition) is 4. The number of ether oxygens (including phenoxy) is 1. The molecule has 1 heterocycles. The molecular formula is C22H25N3O3. The number of amides is 1. The fourth-order valence-electron chi connectivity index (χ4n) is 3.08. The molecule has 0 spiro atoms. The maximum Gasteiger partial charge on any atom is 0.302 e. The van der Waals surface area contributed by atoms with Crippen molar-refractivity contribution in [2.45, 2.75) is 39.7 Å². The second kappa shape index (κ2) is 9.17. The molecule has 0 aliphatic heterocycles. The van der Waals surface area contributed by atoms with E-state index in [-0.39, 0.29) is 12.5 Å². The van der Waals surface area contributed by atoms with Gasteiger partial charge >= 0.3 is 5.91 Å². The number of azo groups is 1. The van der Waals surface area contributed by atoms with Crippen LogP contribution in [0, 0.1) is 6.92 Å². The van der Waals surface area contributed by atoms with Crippen LogP contribution in [0.5, 0.6) is 11.6 Å². The van der Waals surface area contributed by atoms with Gasteiger partial charge in [0.15, 0.2) is 12.3 Å². The average molecular weight is 379 g/mol. The summed E-state index contributed by atoms with van der Waals surface area (Å²) in [4.78, 5) is 12.0. The van der Waals surface area contributed by atoms with E-state index < -0.39 is 5.91 Å². The van der Waals surface area contributed by atoms with Gasteiger partial charge in [0.2, 0.25) is 5.88 Å². The zero-order valence-corrected chi connectivity index (χ0v) is 16.3. The Labute approximate surface area is 164 Å². The van der Waals surface area contributed by atoms with Gasteiger partial charge in [-0.05, 0) is 37.6 Å². The number of aryl methyl sites for hydroxylation is 2. The number of aromatic nitrogens is 1. The molecule has 0 unspecified atom stereocenters. The third-order valence-electron chi connectivity index (χ3n) is 4.52. The molecule has 2 aromatic carbocycles. The third-order valence-corrected chi connectivity index (χ3v) is 4.52. The summed E-state index contributed by atoms with van der Waals surface area (Å²) in [6.45, 7) is 4.60. The van der Waals surface area contributed by atoms with Crippen LogP contribution in [0.3, 0.4) is 0 Å². The fraction of sp³-hybridized carbons (Fsp3) is 0.318. The summed E-state index contributed by atoms with van der Waals surface area (Å²) < 4.78 is 7.23. The normalized spacial score (nSPS) is 11.4. The summed E-state index contributed by atoms with van der Waals surface area (Å²) in [5.41, 5.74) is 2.26. The molecule has 3 aromatic rings. The lowest BCUT2D eigenvalue weighted by molar-refractivity contribution is -0.120. The van der Waals surface area contributed by atoms with Gasteiger partial charge in [-0.1, -0.05) is 49.6 Å². The van der Waals surface area contributed by atoms with Gasteiger partial charge in [0, 0.05) is 11.9 Å². The molecule has 0 bridgehead atoms. The Kier molecular flexibility index (Phi) is 6.42. The van der Waals surface area contributed by atoms with Crippen molar-refractivity contribution in [3.05, 3.63) is 54.1 Å². The first-order chi connectivity index (χ1) is 13.6. The summed E-state index contributed by atoms with van der Waals surface area (Å²) in [6, 6.07) is 15.0. The summed E-state index contributed by atoms with van der Waals surface area (Å²) >= 11 is 0. The Bertz CT molecular complexity index is 978. The second-order valence-electron chi connectivity index (χ2n) is 6.75. The molecule has 3 rings (SSSR count). The van der Waals surface area contributed by atoms with Crippen LogP contribution in [0.25, 0.3) is 10.9 Å². The lowest BCUT2D eigenvalue weighted by Crippen LogP contribution is -2.07. The highest BCUT2D eigenvalue weighted by atomic mass is 16.5. The van der Waals surface area contributed by atoms with Gasteiger partial charge in [-0.2, -0.15) is 0 Å². The molecule has 6 nitrogen and oxygen atoms in total. The van der Waals surface area contributed by atoms with Crippen molar-refractivity contribution >= 4 is 22.5 Å². The van der Waals surface area contributed by atoms with Crippen molar-refractivity contribution in [3.8, 4) is 11.6 Å². The number of carbonyl (C=O) groups excluding carboxylic acids is 1. The quantitative estimate of drug-likeness (QED) is 0.413. The first-order valence-corrected chi connectivity index (χ1v) is 9.54. The number of unbranched alkanes of at least 4 members (excludes halogenated alkanes) is 2. The molecule has 6 heteroatoms. The standard InChI is InChI=1S/C22H25N3O3/c1-3-4-8-13-25-19-12-11-16(2)14-18(19)21(22(25)27)24-23-20(26)15-28-17-9-6-5-7-10-17/h5-7,9-12,14,27H,3-4,8,13,15H2,1-2H3. The van der Waals surface area contributed by atoms with Crippen molar-refractivity contribution in [1.29, 1.82) is 0 Å². The first kappa shape index (κ1) is 19.6. The zero-order valence-electron chi connectivity index (χ0n) is 16.3. The number of fused-ring (bicyclic) bond motifs is 1. The number of aromatic hydroxyl groups is 1. The lowest BCUT2D eigenvalue weighted by Gasteiger charge is -2.06. The molecule has 0 radical (unpaired) electrons. The molecule has 28 heavy (non-hydrogen) atoms. The highest BCUT2D eigenvalue weighted by Crippen LogP contribution is 2.39. The number of hydrogen-bond donors (Lipinski definition) is 1. The van der Waals surface area contributed by atoms with E-state index in [2.05, 4.69) is 17.2 Å². The van der Waals surface area contributed by atoms with Crippen LogP contribution in [0.1, 0.15) is 31.7 Å². The highest BCUT2D eigenvalue weighted by molar-refractivity contribution is 5.95. The largest absolute Gasteiger partial charge is 0.493 e. The molecule has 1 N–H and O–H groups in total. The summed E-state index contributed by atoms with van der Waals surface area (Å²) in [6.07, 6.45) is 3.14. The molecule has 0 saturated heterocycles. The van der Waals surface area contributed by atoms with Crippen molar-refractivity contribution in [3.63, 3.8) is 0 Å². The van der Waals surface area contributed by atoms with Crippen LogP contribution >= 0.6 is 0 Å². The average Bonchev–Trinajstić information content (AvgIpc) is 2.96. The van der Waals surface area contributed by atoms with Crippen LogP contribution in [-0.2, 0) is 11.3 Å². The first-order valence-electron chi connectivity index (χ1n) is 9.54. The Balaban J connectivity index is 1.81. The van der Waals surface area contributed by atoms with Crippen molar-refractivity contribution in [1.82, 2.24) is 4.57 Å². The molecule has 1 amide bonds. The Morgan fingerprint density at radius 1 is 1.14 bits per heavy atom. The number of para-hydroxylation sites is 1. The second-order valence-corrected chi connectivity index (χ2v) is 6.75. The van der Waals surface area contributed by atoms with Crippen LogP contribution in [0.15, 0.2) is 58.8 Å². The van der Waals surface area contributed by atoms with Crippen molar-refractivity contribution in [2.24, 2.45) is 10.2 Å². The minimum absolute atomic E-state index is 0.0391. The molecule has 1 aromatic heterocycles. The van der Waals surface area contributed by atoms with E-state index in [1.807, 2.05) is 47.9 Å². The number of carbonyl (C=O) groups is 1. The SMILES string of the molecule is CCCCCn1c(O)c(N=NC(=O)COc2ccccc2)c2cc(C)ccc21. The van der Waals surface area contributed by atoms with E-state index in [4.69, 9.17) is 4.74 Å². The monoisotopic (exact) mass is 379 g/mol. The molecule has 146 valence electrons. The molecule has 0 aliphatic carbocycles. The smallest absolute Gasteiger partial charge is 0.302 e. The van der Waals surface area contributed by atoms with E-state index in [9.17, 15) is 9.90 Å². The van der Waals surface area contributed by atoms with E-state index in [0.717, 1.165) is 35.7 Å².